The van der Waals surface area contributed by atoms with Crippen LogP contribution in [0.25, 0.3) is 0 Å². The van der Waals surface area contributed by atoms with Crippen LogP contribution in [-0.2, 0) is 4.79 Å². The zero-order valence-electron chi connectivity index (χ0n) is 25.3. The molecule has 0 heterocycles. The van der Waals surface area contributed by atoms with E-state index >= 15 is 0 Å². The molecule has 0 spiro atoms. The van der Waals surface area contributed by atoms with Crippen molar-refractivity contribution in [3.63, 3.8) is 0 Å². The van der Waals surface area contributed by atoms with Crippen molar-refractivity contribution in [1.82, 2.24) is 5.32 Å². The Balaban J connectivity index is 3.71. The van der Waals surface area contributed by atoms with Gasteiger partial charge in [-0.25, -0.2) is 0 Å². The minimum absolute atomic E-state index is 0.157. The molecule has 4 N–H and O–H groups in total. The summed E-state index contributed by atoms with van der Waals surface area (Å²) in [6.07, 6.45) is 30.2. The van der Waals surface area contributed by atoms with Gasteiger partial charge in [0.15, 0.2) is 0 Å². The number of aliphatic hydroxyl groups excluding tert-OH is 3. The van der Waals surface area contributed by atoms with Gasteiger partial charge in [0.2, 0.25) is 5.91 Å². The number of nitrogens with one attached hydrogen (secondary N) is 1. The summed E-state index contributed by atoms with van der Waals surface area (Å²) in [5.41, 5.74) is 0. The monoisotopic (exact) mass is 539 g/mol. The van der Waals surface area contributed by atoms with Crippen LogP contribution in [0.5, 0.6) is 0 Å². The first-order valence-corrected chi connectivity index (χ1v) is 16.5. The lowest BCUT2D eigenvalue weighted by atomic mass is 9.99. The van der Waals surface area contributed by atoms with Crippen molar-refractivity contribution in [2.24, 2.45) is 0 Å². The van der Waals surface area contributed by atoms with E-state index < -0.39 is 18.2 Å². The maximum atomic E-state index is 12.3. The lowest BCUT2D eigenvalue weighted by Crippen LogP contribution is -2.50. The van der Waals surface area contributed by atoms with Crippen molar-refractivity contribution < 1.29 is 20.1 Å². The van der Waals surface area contributed by atoms with E-state index in [1.807, 2.05) is 0 Å². The van der Waals surface area contributed by atoms with Crippen LogP contribution in [0.15, 0.2) is 12.2 Å². The first kappa shape index (κ1) is 37.1. The molecular formula is C33H65NO4. The van der Waals surface area contributed by atoms with E-state index in [9.17, 15) is 20.1 Å². The van der Waals surface area contributed by atoms with Crippen LogP contribution in [0.2, 0.25) is 0 Å². The fraction of sp³-hybridized carbons (Fsp3) is 0.909. The molecule has 5 heteroatoms. The number of carbonyl (C=O) groups is 1. The van der Waals surface area contributed by atoms with Crippen molar-refractivity contribution in [2.45, 2.75) is 186 Å². The van der Waals surface area contributed by atoms with Gasteiger partial charge in [-0.05, 0) is 38.5 Å². The second kappa shape index (κ2) is 29.1. The highest BCUT2D eigenvalue weighted by atomic mass is 16.3. The topological polar surface area (TPSA) is 89.8 Å². The maximum absolute atomic E-state index is 12.3. The number of allylic oxidation sites excluding steroid dienone is 2. The maximum Gasteiger partial charge on any atom is 0.220 e. The zero-order valence-corrected chi connectivity index (χ0v) is 25.3. The molecule has 0 aliphatic rings. The van der Waals surface area contributed by atoms with E-state index in [2.05, 4.69) is 31.3 Å². The lowest BCUT2D eigenvalue weighted by molar-refractivity contribution is -0.124. The molecular weight excluding hydrogens is 474 g/mol. The van der Waals surface area contributed by atoms with Gasteiger partial charge in [0, 0.05) is 6.42 Å². The number of aliphatic hydroxyl groups is 3. The van der Waals surface area contributed by atoms with Gasteiger partial charge in [-0.1, -0.05) is 135 Å². The molecule has 0 radical (unpaired) electrons. The van der Waals surface area contributed by atoms with E-state index in [0.29, 0.717) is 12.8 Å². The molecule has 0 bridgehead atoms. The standard InChI is InChI=1S/C33H65NO4/c1-3-5-7-9-11-13-14-15-16-17-18-19-20-22-24-26-28-32(37)34-30(29-35)33(38)31(36)27-25-23-21-12-10-8-6-4-2/h16-17,30-31,33,35-36,38H,3-15,18-29H2,1-2H3,(H,34,37)/b17-16-. The normalized spacial score (nSPS) is 14.1. The summed E-state index contributed by atoms with van der Waals surface area (Å²) in [6.45, 7) is 4.11. The highest BCUT2D eigenvalue weighted by Gasteiger charge is 2.26. The third-order valence-electron chi connectivity index (χ3n) is 7.62. The smallest absolute Gasteiger partial charge is 0.220 e. The second-order valence-electron chi connectivity index (χ2n) is 11.4. The molecule has 3 unspecified atom stereocenters. The van der Waals surface area contributed by atoms with Gasteiger partial charge in [-0.15, -0.1) is 0 Å². The quantitative estimate of drug-likeness (QED) is 0.0570. The van der Waals surface area contributed by atoms with Crippen molar-refractivity contribution >= 4 is 5.91 Å². The van der Waals surface area contributed by atoms with Crippen molar-refractivity contribution in [3.8, 4) is 0 Å². The summed E-state index contributed by atoms with van der Waals surface area (Å²) in [7, 11) is 0. The van der Waals surface area contributed by atoms with Crippen LogP contribution in [-0.4, -0.2) is 46.1 Å². The summed E-state index contributed by atoms with van der Waals surface area (Å²) in [6, 6.07) is -0.806. The molecule has 1 amide bonds. The van der Waals surface area contributed by atoms with E-state index in [-0.39, 0.29) is 12.5 Å². The fourth-order valence-electron chi connectivity index (χ4n) is 4.98. The Bertz CT molecular complexity index is 525. The molecule has 0 aliphatic carbocycles. The average molecular weight is 540 g/mol. The number of unbranched alkanes of at least 4 members (excludes halogenated alkanes) is 19. The van der Waals surface area contributed by atoms with Gasteiger partial charge in [0.25, 0.3) is 0 Å². The molecule has 0 saturated heterocycles. The minimum Gasteiger partial charge on any atom is -0.394 e. The van der Waals surface area contributed by atoms with Crippen molar-refractivity contribution in [3.05, 3.63) is 12.2 Å². The number of hydrogen-bond acceptors (Lipinski definition) is 4. The molecule has 0 rings (SSSR count). The van der Waals surface area contributed by atoms with Gasteiger partial charge in [0.1, 0.15) is 6.10 Å². The predicted molar refractivity (Wildman–Crippen MR) is 162 cm³/mol. The Hall–Kier alpha value is -0.910. The molecule has 0 aromatic heterocycles. The first-order chi connectivity index (χ1) is 18.6. The Morgan fingerprint density at radius 2 is 1.05 bits per heavy atom. The van der Waals surface area contributed by atoms with E-state index in [0.717, 1.165) is 44.9 Å². The van der Waals surface area contributed by atoms with E-state index in [1.165, 1.54) is 96.3 Å². The Kier molecular flexibility index (Phi) is 28.4. The van der Waals surface area contributed by atoms with Gasteiger partial charge >= 0.3 is 0 Å². The van der Waals surface area contributed by atoms with Crippen LogP contribution in [0.1, 0.15) is 168 Å². The number of hydrogen-bond donors (Lipinski definition) is 4. The number of carbonyl (C=O) groups excluding carboxylic acids is 1. The number of rotatable bonds is 29. The van der Waals surface area contributed by atoms with Crippen molar-refractivity contribution in [1.29, 1.82) is 0 Å². The van der Waals surface area contributed by atoms with Gasteiger partial charge in [-0.2, -0.15) is 0 Å². The fourth-order valence-corrected chi connectivity index (χ4v) is 4.98. The van der Waals surface area contributed by atoms with Crippen molar-refractivity contribution in [2.75, 3.05) is 6.61 Å². The van der Waals surface area contributed by atoms with Crippen LogP contribution in [0.3, 0.4) is 0 Å². The van der Waals surface area contributed by atoms with Crippen LogP contribution < -0.4 is 5.32 Å². The zero-order chi connectivity index (χ0) is 28.1. The number of amides is 1. The largest absolute Gasteiger partial charge is 0.394 e. The highest BCUT2D eigenvalue weighted by molar-refractivity contribution is 5.76. The van der Waals surface area contributed by atoms with E-state index in [1.54, 1.807) is 0 Å². The van der Waals surface area contributed by atoms with Crippen LogP contribution in [0, 0.1) is 0 Å². The van der Waals surface area contributed by atoms with Gasteiger partial charge < -0.3 is 20.6 Å². The second-order valence-corrected chi connectivity index (χ2v) is 11.4. The third kappa shape index (κ3) is 24.2. The summed E-state index contributed by atoms with van der Waals surface area (Å²) in [5, 5.41) is 33.1. The highest BCUT2D eigenvalue weighted by Crippen LogP contribution is 2.14. The molecule has 0 aromatic rings. The summed E-state index contributed by atoms with van der Waals surface area (Å²) in [5.74, 6) is -0.157. The summed E-state index contributed by atoms with van der Waals surface area (Å²) >= 11 is 0. The lowest BCUT2D eigenvalue weighted by Gasteiger charge is -2.26. The molecule has 0 aliphatic heterocycles. The van der Waals surface area contributed by atoms with Crippen LogP contribution in [0.4, 0.5) is 0 Å². The molecule has 3 atom stereocenters. The molecule has 5 nitrogen and oxygen atoms in total. The van der Waals surface area contributed by atoms with Crippen LogP contribution >= 0.6 is 0 Å². The summed E-state index contributed by atoms with van der Waals surface area (Å²) in [4.78, 5) is 12.3. The molecule has 0 fully saturated rings. The Morgan fingerprint density at radius 1 is 0.632 bits per heavy atom. The van der Waals surface area contributed by atoms with Gasteiger partial charge in [0.05, 0.1) is 18.8 Å². The third-order valence-corrected chi connectivity index (χ3v) is 7.62. The van der Waals surface area contributed by atoms with Gasteiger partial charge in [-0.3, -0.25) is 4.79 Å². The average Bonchev–Trinajstić information content (AvgIpc) is 2.92. The summed E-state index contributed by atoms with van der Waals surface area (Å²) < 4.78 is 0. The first-order valence-electron chi connectivity index (χ1n) is 16.5. The Labute approximate surface area is 236 Å². The Morgan fingerprint density at radius 3 is 1.53 bits per heavy atom. The van der Waals surface area contributed by atoms with E-state index in [4.69, 9.17) is 0 Å². The predicted octanol–water partition coefficient (Wildman–Crippen LogP) is 8.14. The molecule has 226 valence electrons. The molecule has 0 aromatic carbocycles. The SMILES string of the molecule is CCCCCCCCC/C=C\CCCCCCCC(=O)NC(CO)C(O)C(O)CCCCCCCCCC. The minimum atomic E-state index is -1.13. The molecule has 0 saturated carbocycles. The molecule has 38 heavy (non-hydrogen) atoms.